The summed E-state index contributed by atoms with van der Waals surface area (Å²) < 4.78 is 39.1. The molecule has 0 aliphatic carbocycles. The summed E-state index contributed by atoms with van der Waals surface area (Å²) in [4.78, 5) is 10.6. The standard InChI is InChI=1S/C12H13ClFNO4S/c13-10-4-3-9(14)6-11(10)20(18,19)15-5-1-2-8(7-15)12(16)17/h3-4,6,8H,1-2,5,7H2,(H,16,17). The van der Waals surface area contributed by atoms with E-state index < -0.39 is 27.7 Å². The summed E-state index contributed by atoms with van der Waals surface area (Å²) in [5, 5.41) is 8.90. The van der Waals surface area contributed by atoms with Gasteiger partial charge in [-0.2, -0.15) is 4.31 Å². The number of sulfonamides is 1. The van der Waals surface area contributed by atoms with Crippen LogP contribution in [0.25, 0.3) is 0 Å². The number of benzene rings is 1. The Morgan fingerprint density at radius 3 is 2.80 bits per heavy atom. The molecule has 110 valence electrons. The third-order valence-corrected chi connectivity index (χ3v) is 5.59. The molecule has 0 saturated carbocycles. The molecule has 1 aliphatic rings. The molecule has 1 fully saturated rings. The van der Waals surface area contributed by atoms with Crippen LogP contribution in [0, 0.1) is 11.7 Å². The lowest BCUT2D eigenvalue weighted by Crippen LogP contribution is -2.42. The fourth-order valence-corrected chi connectivity index (χ4v) is 4.19. The van der Waals surface area contributed by atoms with Gasteiger partial charge in [0.25, 0.3) is 0 Å². The number of rotatable bonds is 3. The van der Waals surface area contributed by atoms with Crippen molar-refractivity contribution in [2.45, 2.75) is 17.7 Å². The molecule has 1 saturated heterocycles. The number of aliphatic carboxylic acids is 1. The Hall–Kier alpha value is -1.18. The molecule has 0 bridgehead atoms. The SMILES string of the molecule is O=C(O)C1CCCN(S(=O)(=O)c2cc(F)ccc2Cl)C1. The lowest BCUT2D eigenvalue weighted by Gasteiger charge is -2.30. The van der Waals surface area contributed by atoms with E-state index in [2.05, 4.69) is 0 Å². The quantitative estimate of drug-likeness (QED) is 0.923. The highest BCUT2D eigenvalue weighted by molar-refractivity contribution is 7.89. The summed E-state index contributed by atoms with van der Waals surface area (Å²) in [5.41, 5.74) is 0. The van der Waals surface area contributed by atoms with E-state index in [0.717, 1.165) is 16.4 Å². The van der Waals surface area contributed by atoms with Crippen molar-refractivity contribution in [2.24, 2.45) is 5.92 Å². The van der Waals surface area contributed by atoms with Gasteiger partial charge in [0.2, 0.25) is 10.0 Å². The number of nitrogens with zero attached hydrogens (tertiary/aromatic N) is 1. The Morgan fingerprint density at radius 2 is 2.15 bits per heavy atom. The lowest BCUT2D eigenvalue weighted by molar-refractivity contribution is -0.142. The number of piperidine rings is 1. The van der Waals surface area contributed by atoms with Crippen LogP contribution < -0.4 is 0 Å². The van der Waals surface area contributed by atoms with Crippen molar-refractivity contribution in [3.63, 3.8) is 0 Å². The highest BCUT2D eigenvalue weighted by atomic mass is 35.5. The van der Waals surface area contributed by atoms with Gasteiger partial charge in [0.15, 0.2) is 0 Å². The van der Waals surface area contributed by atoms with E-state index in [-0.39, 0.29) is 23.0 Å². The third kappa shape index (κ3) is 2.94. The van der Waals surface area contributed by atoms with Crippen molar-refractivity contribution in [3.05, 3.63) is 29.0 Å². The van der Waals surface area contributed by atoms with Crippen LogP contribution in [0.2, 0.25) is 5.02 Å². The number of carbonyl (C=O) groups is 1. The molecule has 0 aromatic heterocycles. The third-order valence-electron chi connectivity index (χ3n) is 3.24. The van der Waals surface area contributed by atoms with Gasteiger partial charge in [0.1, 0.15) is 10.7 Å². The van der Waals surface area contributed by atoms with E-state index in [1.165, 1.54) is 6.07 Å². The van der Waals surface area contributed by atoms with Crippen molar-refractivity contribution in [2.75, 3.05) is 13.1 Å². The molecule has 5 nitrogen and oxygen atoms in total. The summed E-state index contributed by atoms with van der Waals surface area (Å²) in [6.07, 6.45) is 0.876. The van der Waals surface area contributed by atoms with Crippen molar-refractivity contribution < 1.29 is 22.7 Å². The highest BCUT2D eigenvalue weighted by Crippen LogP contribution is 2.28. The highest BCUT2D eigenvalue weighted by Gasteiger charge is 2.34. The van der Waals surface area contributed by atoms with Crippen molar-refractivity contribution >= 4 is 27.6 Å². The topological polar surface area (TPSA) is 74.7 Å². The van der Waals surface area contributed by atoms with Crippen LogP contribution in [0.15, 0.2) is 23.1 Å². The fourth-order valence-electron chi connectivity index (χ4n) is 2.18. The predicted molar refractivity (Wildman–Crippen MR) is 70.5 cm³/mol. The van der Waals surface area contributed by atoms with Crippen LogP contribution in [0.1, 0.15) is 12.8 Å². The number of halogens is 2. The zero-order valence-electron chi connectivity index (χ0n) is 10.4. The molecule has 0 radical (unpaired) electrons. The second kappa shape index (κ2) is 5.67. The van der Waals surface area contributed by atoms with E-state index in [9.17, 15) is 17.6 Å². The van der Waals surface area contributed by atoms with Crippen LogP contribution in [0.5, 0.6) is 0 Å². The van der Waals surface area contributed by atoms with Gasteiger partial charge in [0.05, 0.1) is 10.9 Å². The van der Waals surface area contributed by atoms with Crippen LogP contribution in [-0.4, -0.2) is 36.9 Å². The first-order chi connectivity index (χ1) is 9.32. The molecular weight excluding hydrogens is 309 g/mol. The molecule has 8 heteroatoms. The zero-order valence-corrected chi connectivity index (χ0v) is 12.0. The van der Waals surface area contributed by atoms with Crippen molar-refractivity contribution in [1.82, 2.24) is 4.31 Å². The van der Waals surface area contributed by atoms with Crippen molar-refractivity contribution in [3.8, 4) is 0 Å². The van der Waals surface area contributed by atoms with Gasteiger partial charge in [-0.1, -0.05) is 11.6 Å². The zero-order chi connectivity index (χ0) is 14.9. The number of carboxylic acids is 1. The molecule has 1 aromatic rings. The van der Waals surface area contributed by atoms with E-state index in [0.29, 0.717) is 12.8 Å². The van der Waals surface area contributed by atoms with Gasteiger partial charge in [-0.15, -0.1) is 0 Å². The Bertz CT molecular complexity index is 634. The number of hydrogen-bond donors (Lipinski definition) is 1. The molecule has 1 aromatic carbocycles. The Morgan fingerprint density at radius 1 is 1.45 bits per heavy atom. The normalized spacial score (nSPS) is 20.8. The summed E-state index contributed by atoms with van der Waals surface area (Å²) in [7, 11) is -3.98. The van der Waals surface area contributed by atoms with E-state index >= 15 is 0 Å². The number of carboxylic acid groups (broad SMARTS) is 1. The molecule has 1 atom stereocenters. The van der Waals surface area contributed by atoms with E-state index in [1.807, 2.05) is 0 Å². The monoisotopic (exact) mass is 321 g/mol. The van der Waals surface area contributed by atoms with Crippen LogP contribution in [0.3, 0.4) is 0 Å². The first kappa shape index (κ1) is 15.2. The van der Waals surface area contributed by atoms with Crippen LogP contribution in [0.4, 0.5) is 4.39 Å². The Labute approximate surface area is 121 Å². The molecule has 1 aliphatic heterocycles. The first-order valence-corrected chi connectivity index (χ1v) is 7.82. The Kier molecular flexibility index (Phi) is 4.31. The fraction of sp³-hybridized carbons (Fsp3) is 0.417. The van der Waals surface area contributed by atoms with Gasteiger partial charge in [-0.05, 0) is 31.0 Å². The predicted octanol–water partition coefficient (Wildman–Crippen LogP) is 1.96. The van der Waals surface area contributed by atoms with Crippen LogP contribution in [-0.2, 0) is 14.8 Å². The van der Waals surface area contributed by atoms with Crippen molar-refractivity contribution in [1.29, 1.82) is 0 Å². The first-order valence-electron chi connectivity index (χ1n) is 6.00. The van der Waals surface area contributed by atoms with Gasteiger partial charge in [-0.3, -0.25) is 4.79 Å². The molecule has 1 N–H and O–H groups in total. The molecule has 2 rings (SSSR count). The molecule has 20 heavy (non-hydrogen) atoms. The smallest absolute Gasteiger partial charge is 0.307 e. The van der Waals surface area contributed by atoms with Gasteiger partial charge in [0, 0.05) is 13.1 Å². The number of hydrogen-bond acceptors (Lipinski definition) is 3. The summed E-state index contributed by atoms with van der Waals surface area (Å²) in [6, 6.07) is 3.09. The summed E-state index contributed by atoms with van der Waals surface area (Å²) in [5.74, 6) is -2.49. The molecule has 0 spiro atoms. The summed E-state index contributed by atoms with van der Waals surface area (Å²) >= 11 is 5.81. The van der Waals surface area contributed by atoms with Gasteiger partial charge in [-0.25, -0.2) is 12.8 Å². The Balaban J connectivity index is 2.35. The van der Waals surface area contributed by atoms with Gasteiger partial charge < -0.3 is 5.11 Å². The largest absolute Gasteiger partial charge is 0.481 e. The van der Waals surface area contributed by atoms with E-state index in [4.69, 9.17) is 16.7 Å². The lowest BCUT2D eigenvalue weighted by atomic mass is 10.0. The minimum absolute atomic E-state index is 0.0798. The summed E-state index contributed by atoms with van der Waals surface area (Å²) in [6.45, 7) is 0.0868. The van der Waals surface area contributed by atoms with Gasteiger partial charge >= 0.3 is 5.97 Å². The maximum atomic E-state index is 13.2. The maximum Gasteiger partial charge on any atom is 0.307 e. The second-order valence-corrected chi connectivity index (χ2v) is 6.93. The minimum Gasteiger partial charge on any atom is -0.481 e. The minimum atomic E-state index is -3.98. The molecule has 0 amide bonds. The van der Waals surface area contributed by atoms with E-state index in [1.54, 1.807) is 0 Å². The second-order valence-electron chi connectivity index (χ2n) is 4.62. The molecular formula is C12H13ClFNO4S. The molecule has 1 heterocycles. The van der Waals surface area contributed by atoms with Crippen LogP contribution >= 0.6 is 11.6 Å². The maximum absolute atomic E-state index is 13.2. The molecule has 1 unspecified atom stereocenters. The average molecular weight is 322 g/mol. The average Bonchev–Trinajstić information content (AvgIpc) is 2.41.